The molecular weight excluding hydrogens is 509 g/mol. The highest BCUT2D eigenvalue weighted by Gasteiger charge is 2.46. The number of hydrogen-bond acceptors (Lipinski definition) is 6. The molecule has 0 amide bonds. The fraction of sp³-hybridized carbons (Fsp3) is 0.480. The number of thioether (sulfide) groups is 1. The number of benzene rings is 2. The highest BCUT2D eigenvalue weighted by molar-refractivity contribution is 9.10. The maximum Gasteiger partial charge on any atom is 0.322 e. The van der Waals surface area contributed by atoms with Crippen LogP contribution in [0.25, 0.3) is 0 Å². The van der Waals surface area contributed by atoms with Gasteiger partial charge in [-0.3, -0.25) is 4.79 Å². The molecular formula is C25H33BrFNO4S. The first-order valence-electron chi connectivity index (χ1n) is 11.0. The number of hydrogen-bond donors (Lipinski definition) is 1. The molecule has 0 aliphatic heterocycles. The molecule has 0 spiro atoms. The molecule has 1 unspecified atom stereocenters. The molecule has 0 radical (unpaired) electrons. The predicted molar refractivity (Wildman–Crippen MR) is 136 cm³/mol. The van der Waals surface area contributed by atoms with Crippen molar-refractivity contribution in [2.45, 2.75) is 50.4 Å². The lowest BCUT2D eigenvalue weighted by atomic mass is 9.84. The van der Waals surface area contributed by atoms with E-state index in [9.17, 15) is 9.18 Å². The number of rotatable bonds is 10. The minimum Gasteiger partial charge on any atom is -0.497 e. The minimum absolute atomic E-state index is 0.0460. The third kappa shape index (κ3) is 8.50. The van der Waals surface area contributed by atoms with Crippen LogP contribution >= 0.6 is 27.7 Å². The molecule has 1 atom stereocenters. The summed E-state index contributed by atoms with van der Waals surface area (Å²) in [6.45, 7) is 5.16. The lowest BCUT2D eigenvalue weighted by Crippen LogP contribution is -2.45. The molecule has 182 valence electrons. The lowest BCUT2D eigenvalue weighted by molar-refractivity contribution is -0.148. The fourth-order valence-electron chi connectivity index (χ4n) is 3.22. The van der Waals surface area contributed by atoms with Crippen LogP contribution < -0.4 is 14.8 Å². The molecule has 0 aromatic heterocycles. The van der Waals surface area contributed by atoms with Crippen molar-refractivity contribution in [3.05, 3.63) is 58.3 Å². The number of halogens is 2. The normalized spacial score (nSPS) is 14.8. The third-order valence-electron chi connectivity index (χ3n) is 5.36. The Labute approximate surface area is 208 Å². The van der Waals surface area contributed by atoms with Gasteiger partial charge in [-0.2, -0.15) is 0 Å². The van der Waals surface area contributed by atoms with Gasteiger partial charge in [-0.1, -0.05) is 22.0 Å². The third-order valence-corrected chi connectivity index (χ3v) is 7.68. The largest absolute Gasteiger partial charge is 0.497 e. The van der Waals surface area contributed by atoms with Gasteiger partial charge in [-0.25, -0.2) is 4.39 Å². The molecule has 1 aliphatic carbocycles. The van der Waals surface area contributed by atoms with Crippen LogP contribution in [0.1, 0.15) is 38.7 Å². The average molecular weight is 543 g/mol. The van der Waals surface area contributed by atoms with Gasteiger partial charge >= 0.3 is 5.97 Å². The van der Waals surface area contributed by atoms with E-state index in [4.69, 9.17) is 14.2 Å². The van der Waals surface area contributed by atoms with Crippen LogP contribution in [0, 0.1) is 5.82 Å². The van der Waals surface area contributed by atoms with Gasteiger partial charge in [0.15, 0.2) is 0 Å². The Bertz CT molecular complexity index is 856. The van der Waals surface area contributed by atoms with Crippen molar-refractivity contribution in [2.75, 3.05) is 26.6 Å². The molecule has 0 saturated heterocycles. The molecule has 0 heterocycles. The van der Waals surface area contributed by atoms with E-state index in [0.717, 1.165) is 46.6 Å². The van der Waals surface area contributed by atoms with Crippen molar-refractivity contribution < 1.29 is 23.4 Å². The van der Waals surface area contributed by atoms with Crippen molar-refractivity contribution in [2.24, 2.45) is 0 Å². The predicted octanol–water partition coefficient (Wildman–Crippen LogP) is 5.99. The van der Waals surface area contributed by atoms with E-state index >= 15 is 0 Å². The van der Waals surface area contributed by atoms with Crippen molar-refractivity contribution in [3.63, 3.8) is 0 Å². The summed E-state index contributed by atoms with van der Waals surface area (Å²) in [5, 5.41) is 3.51. The molecule has 33 heavy (non-hydrogen) atoms. The maximum absolute atomic E-state index is 12.2. The molecule has 1 saturated carbocycles. The highest BCUT2D eigenvalue weighted by Crippen LogP contribution is 2.45. The second kappa shape index (κ2) is 13.8. The molecule has 2 aromatic rings. The van der Waals surface area contributed by atoms with Crippen LogP contribution in [0.15, 0.2) is 46.9 Å². The van der Waals surface area contributed by atoms with E-state index in [0.29, 0.717) is 13.2 Å². The first-order chi connectivity index (χ1) is 15.8. The van der Waals surface area contributed by atoms with Crippen LogP contribution in [0.5, 0.6) is 11.5 Å². The number of methoxy groups -OCH3 is 2. The van der Waals surface area contributed by atoms with Gasteiger partial charge in [0.25, 0.3) is 0 Å². The summed E-state index contributed by atoms with van der Waals surface area (Å²) in [5.74, 6) is 2.22. The Kier molecular flexibility index (Phi) is 11.5. The molecule has 8 heteroatoms. The van der Waals surface area contributed by atoms with E-state index in [1.165, 1.54) is 12.1 Å². The lowest BCUT2D eigenvalue weighted by Gasteiger charge is -2.39. The van der Waals surface area contributed by atoms with Gasteiger partial charge in [-0.05, 0) is 63.4 Å². The smallest absolute Gasteiger partial charge is 0.322 e. The van der Waals surface area contributed by atoms with E-state index in [2.05, 4.69) is 28.2 Å². The minimum atomic E-state index is -0.316. The Morgan fingerprint density at radius 3 is 2.39 bits per heavy atom. The SMILES string of the molecule is CCOC(=O)C1(SCC(C)NCc2ccc(OC)cc2OC)CCC1.Fc1ccc(Br)cc1. The summed E-state index contributed by atoms with van der Waals surface area (Å²) >= 11 is 4.91. The van der Waals surface area contributed by atoms with E-state index in [1.807, 2.05) is 25.1 Å². The van der Waals surface area contributed by atoms with Gasteiger partial charge in [0.05, 0.1) is 20.8 Å². The van der Waals surface area contributed by atoms with E-state index in [-0.39, 0.29) is 22.6 Å². The van der Waals surface area contributed by atoms with Gasteiger partial charge in [0, 0.05) is 34.4 Å². The van der Waals surface area contributed by atoms with Crippen LogP contribution in [-0.2, 0) is 16.1 Å². The van der Waals surface area contributed by atoms with Gasteiger partial charge in [-0.15, -0.1) is 11.8 Å². The summed E-state index contributed by atoms with van der Waals surface area (Å²) in [6.07, 6.45) is 2.96. The van der Waals surface area contributed by atoms with Crippen LogP contribution in [0.4, 0.5) is 4.39 Å². The average Bonchev–Trinajstić information content (AvgIpc) is 2.79. The molecule has 0 bridgehead atoms. The first kappa shape index (κ1) is 27.5. The van der Waals surface area contributed by atoms with Crippen molar-refractivity contribution in [1.29, 1.82) is 0 Å². The number of nitrogens with one attached hydrogen (secondary N) is 1. The quantitative estimate of drug-likeness (QED) is 0.373. The van der Waals surface area contributed by atoms with Crippen molar-refractivity contribution >= 4 is 33.7 Å². The van der Waals surface area contributed by atoms with Gasteiger partial charge in [0.2, 0.25) is 0 Å². The number of ether oxygens (including phenoxy) is 3. The number of carbonyl (C=O) groups excluding carboxylic acids is 1. The Balaban J connectivity index is 0.000000405. The second-order valence-corrected chi connectivity index (χ2v) is 10.1. The van der Waals surface area contributed by atoms with E-state index < -0.39 is 0 Å². The topological polar surface area (TPSA) is 56.8 Å². The Hall–Kier alpha value is -1.77. The molecule has 5 nitrogen and oxygen atoms in total. The molecule has 1 aliphatic rings. The molecule has 3 rings (SSSR count). The van der Waals surface area contributed by atoms with Gasteiger partial charge in [0.1, 0.15) is 22.1 Å². The first-order valence-corrected chi connectivity index (χ1v) is 12.8. The molecule has 2 aromatic carbocycles. The zero-order chi connectivity index (χ0) is 24.3. The van der Waals surface area contributed by atoms with Crippen LogP contribution in [0.2, 0.25) is 0 Å². The zero-order valence-corrected chi connectivity index (χ0v) is 22.1. The molecule has 1 N–H and O–H groups in total. The van der Waals surface area contributed by atoms with Gasteiger partial charge < -0.3 is 19.5 Å². The number of esters is 1. The van der Waals surface area contributed by atoms with Crippen LogP contribution in [-0.4, -0.2) is 43.3 Å². The van der Waals surface area contributed by atoms with Crippen molar-refractivity contribution in [3.8, 4) is 11.5 Å². The summed E-state index contributed by atoms with van der Waals surface area (Å²) in [4.78, 5) is 12.2. The standard InChI is InChI=1S/C19H29NO4S.C6H4BrF/c1-5-24-18(21)19(9-6-10-19)25-13-14(2)20-12-15-7-8-16(22-3)11-17(15)23-4;7-5-1-3-6(8)4-2-5/h7-8,11,14,20H,5-6,9-10,12-13H2,1-4H3;1-4H. The van der Waals surface area contributed by atoms with Crippen LogP contribution in [0.3, 0.4) is 0 Å². The summed E-state index contributed by atoms with van der Waals surface area (Å²) in [7, 11) is 3.31. The monoisotopic (exact) mass is 541 g/mol. The Morgan fingerprint density at radius 2 is 1.88 bits per heavy atom. The second-order valence-electron chi connectivity index (χ2n) is 7.78. The number of carbonyl (C=O) groups is 1. The van der Waals surface area contributed by atoms with E-state index in [1.54, 1.807) is 38.1 Å². The highest BCUT2D eigenvalue weighted by atomic mass is 79.9. The zero-order valence-electron chi connectivity index (χ0n) is 19.7. The van der Waals surface area contributed by atoms with Crippen molar-refractivity contribution in [1.82, 2.24) is 5.32 Å². The fourth-order valence-corrected chi connectivity index (χ4v) is 4.93. The summed E-state index contributed by atoms with van der Waals surface area (Å²) < 4.78 is 28.6. The summed E-state index contributed by atoms with van der Waals surface area (Å²) in [6, 6.07) is 12.3. The maximum atomic E-state index is 12.2. The summed E-state index contributed by atoms with van der Waals surface area (Å²) in [5.41, 5.74) is 1.09. The molecule has 1 fully saturated rings. The Morgan fingerprint density at radius 1 is 1.18 bits per heavy atom.